The molecule has 1 aromatic carbocycles. The highest BCUT2D eigenvalue weighted by Gasteiger charge is 2.28. The van der Waals surface area contributed by atoms with Gasteiger partial charge in [-0.25, -0.2) is 8.78 Å². The van der Waals surface area contributed by atoms with Gasteiger partial charge in [0, 0.05) is 37.4 Å². The minimum absolute atomic E-state index is 0.401. The van der Waals surface area contributed by atoms with E-state index in [1.807, 2.05) is 6.07 Å². The molecule has 0 aromatic heterocycles. The van der Waals surface area contributed by atoms with Gasteiger partial charge < -0.3 is 15.5 Å². The zero-order chi connectivity index (χ0) is 14.1. The molecule has 2 N–H and O–H groups in total. The summed E-state index contributed by atoms with van der Waals surface area (Å²) in [5, 5.41) is 5.63. The first kappa shape index (κ1) is 13.3. The van der Waals surface area contributed by atoms with Crippen LogP contribution in [0, 0.1) is 0 Å². The van der Waals surface area contributed by atoms with E-state index in [1.165, 1.54) is 5.56 Å². The van der Waals surface area contributed by atoms with Gasteiger partial charge in [-0.3, -0.25) is 4.79 Å². The summed E-state index contributed by atoms with van der Waals surface area (Å²) in [5.41, 5.74) is 3.84. The van der Waals surface area contributed by atoms with E-state index in [-0.39, 0.29) is 0 Å². The van der Waals surface area contributed by atoms with Crippen molar-refractivity contribution in [2.24, 2.45) is 0 Å². The second kappa shape index (κ2) is 5.36. The van der Waals surface area contributed by atoms with Crippen LogP contribution in [-0.2, 0) is 13.0 Å². The number of nitrogens with one attached hydrogen (secondary N) is 2. The van der Waals surface area contributed by atoms with Crippen molar-refractivity contribution in [2.75, 3.05) is 31.1 Å². The highest BCUT2D eigenvalue weighted by atomic mass is 19.3. The molecule has 1 aromatic rings. The van der Waals surface area contributed by atoms with Crippen molar-refractivity contribution in [3.8, 4) is 0 Å². The Bertz CT molecular complexity index is 533. The fourth-order valence-corrected chi connectivity index (χ4v) is 2.97. The van der Waals surface area contributed by atoms with Crippen LogP contribution in [0.3, 0.4) is 0 Å². The maximum Gasteiger partial charge on any atom is 0.255 e. The Morgan fingerprint density at radius 2 is 2.25 bits per heavy atom. The second-order valence-electron chi connectivity index (χ2n) is 5.11. The van der Waals surface area contributed by atoms with Crippen LogP contribution in [0.25, 0.3) is 0 Å². The van der Waals surface area contributed by atoms with Gasteiger partial charge in [-0.05, 0) is 23.6 Å². The molecule has 0 unspecified atom stereocenters. The molecule has 0 spiro atoms. The van der Waals surface area contributed by atoms with Crippen molar-refractivity contribution in [2.45, 2.75) is 19.4 Å². The van der Waals surface area contributed by atoms with E-state index in [9.17, 15) is 13.6 Å². The lowest BCUT2D eigenvalue weighted by Gasteiger charge is -2.19. The summed E-state index contributed by atoms with van der Waals surface area (Å²) in [7, 11) is 0. The summed E-state index contributed by atoms with van der Waals surface area (Å²) in [6.07, 6.45) is -1.71. The lowest BCUT2D eigenvalue weighted by atomic mass is 10.00. The quantitative estimate of drug-likeness (QED) is 0.873. The van der Waals surface area contributed by atoms with Crippen LogP contribution in [0.15, 0.2) is 12.1 Å². The number of carbonyl (C=O) groups excluding carboxylic acids is 1. The number of alkyl halides is 2. The van der Waals surface area contributed by atoms with Crippen molar-refractivity contribution < 1.29 is 13.6 Å². The largest absolute Gasteiger partial charge is 0.369 e. The smallest absolute Gasteiger partial charge is 0.255 e. The molecule has 4 nitrogen and oxygen atoms in total. The van der Waals surface area contributed by atoms with Crippen LogP contribution in [0.1, 0.15) is 21.5 Å². The van der Waals surface area contributed by atoms with E-state index in [4.69, 9.17) is 0 Å². The summed E-state index contributed by atoms with van der Waals surface area (Å²) >= 11 is 0. The van der Waals surface area contributed by atoms with E-state index in [0.29, 0.717) is 5.56 Å². The molecule has 0 radical (unpaired) electrons. The van der Waals surface area contributed by atoms with E-state index in [2.05, 4.69) is 15.5 Å². The third kappa shape index (κ3) is 2.35. The lowest BCUT2D eigenvalue weighted by Crippen LogP contribution is -2.29. The first-order valence-electron chi connectivity index (χ1n) is 6.83. The van der Waals surface area contributed by atoms with Gasteiger partial charge in [0.15, 0.2) is 0 Å². The van der Waals surface area contributed by atoms with Gasteiger partial charge in [0.05, 0.1) is 6.54 Å². The summed E-state index contributed by atoms with van der Waals surface area (Å²) < 4.78 is 24.4. The van der Waals surface area contributed by atoms with Crippen molar-refractivity contribution in [1.29, 1.82) is 0 Å². The number of halogens is 2. The molecule has 2 heterocycles. The third-order valence-corrected chi connectivity index (χ3v) is 3.85. The summed E-state index contributed by atoms with van der Waals surface area (Å²) in [4.78, 5) is 14.3. The van der Waals surface area contributed by atoms with Crippen LogP contribution in [0.2, 0.25) is 0 Å². The Kier molecular flexibility index (Phi) is 3.56. The molecule has 0 aliphatic carbocycles. The molecule has 3 rings (SSSR count). The molecule has 0 fully saturated rings. The maximum absolute atomic E-state index is 12.2. The topological polar surface area (TPSA) is 44.4 Å². The maximum atomic E-state index is 12.2. The molecule has 2 aliphatic heterocycles. The SMILES string of the molecule is O=C(NCC(F)F)c1ccc2c3c1CCN3CCNC2. The molecule has 0 saturated carbocycles. The van der Waals surface area contributed by atoms with E-state index < -0.39 is 18.9 Å². The van der Waals surface area contributed by atoms with Crippen LogP contribution < -0.4 is 15.5 Å². The minimum Gasteiger partial charge on any atom is -0.369 e. The van der Waals surface area contributed by atoms with Crippen molar-refractivity contribution in [3.63, 3.8) is 0 Å². The van der Waals surface area contributed by atoms with E-state index in [0.717, 1.165) is 43.9 Å². The van der Waals surface area contributed by atoms with Crippen LogP contribution in [0.4, 0.5) is 14.5 Å². The number of benzene rings is 1. The average Bonchev–Trinajstić information content (AvgIpc) is 2.73. The molecule has 1 amide bonds. The highest BCUT2D eigenvalue weighted by Crippen LogP contribution is 2.35. The Balaban J connectivity index is 1.91. The second-order valence-corrected chi connectivity index (χ2v) is 5.11. The first-order valence-corrected chi connectivity index (χ1v) is 6.83. The zero-order valence-electron chi connectivity index (χ0n) is 11.1. The lowest BCUT2D eigenvalue weighted by molar-refractivity contribution is 0.0891. The summed E-state index contributed by atoms with van der Waals surface area (Å²) in [6.45, 7) is 2.92. The fourth-order valence-electron chi connectivity index (χ4n) is 2.97. The third-order valence-electron chi connectivity index (χ3n) is 3.85. The van der Waals surface area contributed by atoms with Gasteiger partial charge in [0.1, 0.15) is 0 Å². The Morgan fingerprint density at radius 3 is 3.05 bits per heavy atom. The molecule has 0 atom stereocenters. The molecule has 108 valence electrons. The van der Waals surface area contributed by atoms with Crippen LogP contribution >= 0.6 is 0 Å². The minimum atomic E-state index is -2.52. The molecular weight excluding hydrogens is 264 g/mol. The fraction of sp³-hybridized carbons (Fsp3) is 0.500. The van der Waals surface area contributed by atoms with Gasteiger partial charge in [-0.15, -0.1) is 0 Å². The van der Waals surface area contributed by atoms with Gasteiger partial charge in [-0.2, -0.15) is 0 Å². The van der Waals surface area contributed by atoms with Gasteiger partial charge in [-0.1, -0.05) is 6.07 Å². The predicted molar refractivity (Wildman–Crippen MR) is 72.4 cm³/mol. The molecule has 6 heteroatoms. The summed E-state index contributed by atoms with van der Waals surface area (Å²) in [5.74, 6) is -0.401. The molecular formula is C14H17F2N3O. The standard InChI is InChI=1S/C14H17F2N3O/c15-12(16)8-18-14(20)11-2-1-9-7-17-4-6-19-5-3-10(11)13(9)19/h1-2,12,17H,3-8H2,(H,18,20). The molecule has 2 aliphatic rings. The number of anilines is 1. The molecule has 0 bridgehead atoms. The zero-order valence-corrected chi connectivity index (χ0v) is 11.1. The predicted octanol–water partition coefficient (Wildman–Crippen LogP) is 1.15. The van der Waals surface area contributed by atoms with E-state index >= 15 is 0 Å². The monoisotopic (exact) mass is 281 g/mol. The number of hydrogen-bond donors (Lipinski definition) is 2. The number of amides is 1. The number of hydrogen-bond acceptors (Lipinski definition) is 3. The Hall–Kier alpha value is -1.69. The van der Waals surface area contributed by atoms with Gasteiger partial charge in [0.2, 0.25) is 0 Å². The molecule has 20 heavy (non-hydrogen) atoms. The van der Waals surface area contributed by atoms with Gasteiger partial charge in [0.25, 0.3) is 12.3 Å². The van der Waals surface area contributed by atoms with Crippen molar-refractivity contribution in [1.82, 2.24) is 10.6 Å². The average molecular weight is 281 g/mol. The summed E-state index contributed by atoms with van der Waals surface area (Å²) in [6, 6.07) is 3.68. The number of nitrogens with zero attached hydrogens (tertiary/aromatic N) is 1. The normalized spacial score (nSPS) is 17.1. The van der Waals surface area contributed by atoms with Crippen LogP contribution in [-0.4, -0.2) is 38.5 Å². The van der Waals surface area contributed by atoms with Crippen LogP contribution in [0.5, 0.6) is 0 Å². The van der Waals surface area contributed by atoms with E-state index in [1.54, 1.807) is 6.07 Å². The first-order chi connectivity index (χ1) is 9.66. The molecule has 0 saturated heterocycles. The van der Waals surface area contributed by atoms with Gasteiger partial charge >= 0.3 is 0 Å². The highest BCUT2D eigenvalue weighted by molar-refractivity contribution is 5.98. The Morgan fingerprint density at radius 1 is 1.40 bits per heavy atom. The van der Waals surface area contributed by atoms with Crippen molar-refractivity contribution >= 4 is 11.6 Å². The number of carbonyl (C=O) groups is 1. The Labute approximate surface area is 116 Å². The number of rotatable bonds is 3. The van der Waals surface area contributed by atoms with Crippen molar-refractivity contribution in [3.05, 3.63) is 28.8 Å².